The second-order valence-corrected chi connectivity index (χ2v) is 14.9. The number of esters is 1. The number of aliphatic hydroxyl groups excluding tert-OH is 6. The molecule has 0 unspecified atom stereocenters. The summed E-state index contributed by atoms with van der Waals surface area (Å²) < 4.78 is 11.2. The summed E-state index contributed by atoms with van der Waals surface area (Å²) in [6.45, 7) is 8.01. The first-order valence-corrected chi connectivity index (χ1v) is 16.3. The van der Waals surface area contributed by atoms with Crippen LogP contribution in [0.15, 0.2) is 0 Å². The molecular formula is C32H54O10. The number of rotatable bonds is 7. The summed E-state index contributed by atoms with van der Waals surface area (Å²) in [7, 11) is 0. The van der Waals surface area contributed by atoms with Gasteiger partial charge in [-0.3, -0.25) is 4.79 Å². The van der Waals surface area contributed by atoms with Gasteiger partial charge in [0.05, 0.1) is 31.0 Å². The molecular weight excluding hydrogens is 544 g/mol. The zero-order chi connectivity index (χ0) is 30.8. The van der Waals surface area contributed by atoms with Crippen molar-refractivity contribution < 1.29 is 50.0 Å². The molecule has 7 N–H and O–H groups in total. The van der Waals surface area contributed by atoms with Crippen molar-refractivity contribution in [2.75, 3.05) is 13.2 Å². The van der Waals surface area contributed by atoms with E-state index in [1.165, 1.54) is 0 Å². The molecule has 4 aliphatic carbocycles. The van der Waals surface area contributed by atoms with Crippen molar-refractivity contribution in [3.8, 4) is 0 Å². The quantitative estimate of drug-likeness (QED) is 0.210. The summed E-state index contributed by atoms with van der Waals surface area (Å²) in [5.74, 6) is -0.719. The first kappa shape index (κ1) is 32.5. The molecule has 4 saturated carbocycles. The Kier molecular flexibility index (Phi) is 9.16. The average molecular weight is 599 g/mol. The standard InChI is InChI=1S/C32H54O10/c1-5-41-24(36)9-6-16(2)19-7-8-20-25-21(13-23(35)31(19,20)4)30(3)11-10-18(34)12-17(30)14-32(25,40)29-28(39)27(38)26(37)22(15-33)42-29/h16-23,25-29,33-35,37-40H,5-15H2,1-4H3/t16-,17+,18-,19-,20+,21+,22-,23+,25+,26+,27+,28-,29-,30+,31-,32-/m1/s1. The fourth-order valence-corrected chi connectivity index (χ4v) is 10.8. The van der Waals surface area contributed by atoms with E-state index >= 15 is 0 Å². The average Bonchev–Trinajstić information content (AvgIpc) is 3.30. The van der Waals surface area contributed by atoms with Gasteiger partial charge in [-0.05, 0) is 105 Å². The summed E-state index contributed by atoms with van der Waals surface area (Å²) in [6.07, 6.45) is -3.10. The molecule has 0 radical (unpaired) electrons. The SMILES string of the molecule is CCOC(=O)CC[C@@H](C)[C@H]1CC[C@H]2[C@H]3[C@H](C[C@H](O)[C@]12C)[C@@]1(C)CC[C@@H](O)C[C@H]1C[C@]3(O)[C@@H]1O[C@H](CO)[C@H](O)[C@H](O)[C@H]1O. The second-order valence-electron chi connectivity index (χ2n) is 14.9. The predicted molar refractivity (Wildman–Crippen MR) is 152 cm³/mol. The third-order valence-electron chi connectivity index (χ3n) is 13.1. The third kappa shape index (κ3) is 4.96. The van der Waals surface area contributed by atoms with Gasteiger partial charge < -0.3 is 45.2 Å². The minimum Gasteiger partial charge on any atom is -0.466 e. The smallest absolute Gasteiger partial charge is 0.305 e. The van der Waals surface area contributed by atoms with Crippen LogP contribution in [0, 0.1) is 46.3 Å². The molecule has 5 aliphatic rings. The highest BCUT2D eigenvalue weighted by atomic mass is 16.6. The molecule has 10 nitrogen and oxygen atoms in total. The van der Waals surface area contributed by atoms with Crippen LogP contribution in [0.2, 0.25) is 0 Å². The molecule has 1 heterocycles. The van der Waals surface area contributed by atoms with Crippen molar-refractivity contribution in [2.45, 2.75) is 134 Å². The largest absolute Gasteiger partial charge is 0.466 e. The molecule has 10 heteroatoms. The molecule has 0 aromatic carbocycles. The summed E-state index contributed by atoms with van der Waals surface area (Å²) >= 11 is 0. The molecule has 242 valence electrons. The van der Waals surface area contributed by atoms with Crippen LogP contribution in [0.25, 0.3) is 0 Å². The lowest BCUT2D eigenvalue weighted by molar-refractivity contribution is -0.321. The monoisotopic (exact) mass is 598 g/mol. The number of hydrogen-bond acceptors (Lipinski definition) is 10. The Morgan fingerprint density at radius 1 is 1.00 bits per heavy atom. The molecule has 0 bridgehead atoms. The van der Waals surface area contributed by atoms with Gasteiger partial charge >= 0.3 is 5.97 Å². The lowest BCUT2D eigenvalue weighted by atomic mass is 9.39. The number of ether oxygens (including phenoxy) is 2. The molecule has 0 aromatic heterocycles. The van der Waals surface area contributed by atoms with Gasteiger partial charge in [0.2, 0.25) is 0 Å². The van der Waals surface area contributed by atoms with Crippen LogP contribution < -0.4 is 0 Å². The maximum Gasteiger partial charge on any atom is 0.305 e. The van der Waals surface area contributed by atoms with Gasteiger partial charge in [-0.2, -0.15) is 0 Å². The van der Waals surface area contributed by atoms with E-state index in [-0.39, 0.29) is 53.3 Å². The molecule has 0 spiro atoms. The number of carbonyl (C=O) groups excluding carboxylic acids is 1. The highest BCUT2D eigenvalue weighted by Gasteiger charge is 2.72. The van der Waals surface area contributed by atoms with Crippen LogP contribution in [0.4, 0.5) is 0 Å². The molecule has 5 fully saturated rings. The zero-order valence-corrected chi connectivity index (χ0v) is 25.6. The molecule has 1 saturated heterocycles. The van der Waals surface area contributed by atoms with Crippen molar-refractivity contribution in [2.24, 2.45) is 46.3 Å². The van der Waals surface area contributed by atoms with E-state index in [0.717, 1.165) is 19.3 Å². The maximum absolute atomic E-state index is 12.9. The van der Waals surface area contributed by atoms with Crippen LogP contribution in [0.1, 0.15) is 85.5 Å². The fourth-order valence-electron chi connectivity index (χ4n) is 10.8. The van der Waals surface area contributed by atoms with Gasteiger partial charge in [-0.15, -0.1) is 0 Å². The van der Waals surface area contributed by atoms with E-state index < -0.39 is 60.4 Å². The van der Waals surface area contributed by atoms with E-state index in [9.17, 15) is 40.5 Å². The summed E-state index contributed by atoms with van der Waals surface area (Å²) in [6, 6.07) is 0. The van der Waals surface area contributed by atoms with Gasteiger partial charge in [0.15, 0.2) is 0 Å². The van der Waals surface area contributed by atoms with Crippen LogP contribution in [-0.4, -0.2) is 103 Å². The van der Waals surface area contributed by atoms with Crippen molar-refractivity contribution >= 4 is 5.97 Å². The van der Waals surface area contributed by atoms with Crippen molar-refractivity contribution in [1.82, 2.24) is 0 Å². The second kappa shape index (κ2) is 11.8. The molecule has 1 aliphatic heterocycles. The lowest BCUT2D eigenvalue weighted by Gasteiger charge is -2.68. The van der Waals surface area contributed by atoms with E-state index in [0.29, 0.717) is 38.7 Å². The highest BCUT2D eigenvalue weighted by molar-refractivity contribution is 5.69. The fraction of sp³-hybridized carbons (Fsp3) is 0.969. The maximum atomic E-state index is 12.9. The van der Waals surface area contributed by atoms with E-state index in [1.54, 1.807) is 6.92 Å². The van der Waals surface area contributed by atoms with Crippen LogP contribution >= 0.6 is 0 Å². The minimum absolute atomic E-state index is 0.0999. The van der Waals surface area contributed by atoms with Crippen LogP contribution in [-0.2, 0) is 14.3 Å². The first-order chi connectivity index (χ1) is 19.7. The predicted octanol–water partition coefficient (Wildman–Crippen LogP) is 1.14. The Hall–Kier alpha value is -0.850. The number of carbonyl (C=O) groups is 1. The molecule has 42 heavy (non-hydrogen) atoms. The number of fused-ring (bicyclic) bond motifs is 5. The Morgan fingerprint density at radius 3 is 2.38 bits per heavy atom. The molecule has 0 aromatic rings. The zero-order valence-electron chi connectivity index (χ0n) is 25.6. The first-order valence-electron chi connectivity index (χ1n) is 16.3. The van der Waals surface area contributed by atoms with Gasteiger partial charge in [0, 0.05) is 6.42 Å². The normalized spacial score (nSPS) is 53.0. The Morgan fingerprint density at radius 2 is 1.71 bits per heavy atom. The van der Waals surface area contributed by atoms with Crippen molar-refractivity contribution in [3.05, 3.63) is 0 Å². The van der Waals surface area contributed by atoms with Crippen LogP contribution in [0.5, 0.6) is 0 Å². The highest BCUT2D eigenvalue weighted by Crippen LogP contribution is 2.71. The minimum atomic E-state index is -1.63. The van der Waals surface area contributed by atoms with Gasteiger partial charge in [0.25, 0.3) is 0 Å². The third-order valence-corrected chi connectivity index (χ3v) is 13.1. The Balaban J connectivity index is 1.53. The molecule has 5 rings (SSSR count). The lowest BCUT2D eigenvalue weighted by Crippen LogP contribution is -2.74. The van der Waals surface area contributed by atoms with Gasteiger partial charge in [-0.25, -0.2) is 0 Å². The van der Waals surface area contributed by atoms with Crippen LogP contribution in [0.3, 0.4) is 0 Å². The summed E-state index contributed by atoms with van der Waals surface area (Å²) in [4.78, 5) is 12.1. The van der Waals surface area contributed by atoms with Crippen molar-refractivity contribution in [1.29, 1.82) is 0 Å². The molecule has 16 atom stereocenters. The van der Waals surface area contributed by atoms with Gasteiger partial charge in [-0.1, -0.05) is 20.8 Å². The van der Waals surface area contributed by atoms with E-state index in [4.69, 9.17) is 9.47 Å². The topological polar surface area (TPSA) is 177 Å². The van der Waals surface area contributed by atoms with E-state index in [1.807, 2.05) is 0 Å². The van der Waals surface area contributed by atoms with E-state index in [2.05, 4.69) is 20.8 Å². The molecule has 0 amide bonds. The number of aliphatic hydroxyl groups is 7. The summed E-state index contributed by atoms with van der Waals surface area (Å²) in [5.41, 5.74) is -2.44. The van der Waals surface area contributed by atoms with Gasteiger partial charge in [0.1, 0.15) is 30.5 Å². The number of hydrogen-bond donors (Lipinski definition) is 7. The summed E-state index contributed by atoms with van der Waals surface area (Å²) in [5, 5.41) is 78.1. The Labute approximate surface area is 249 Å². The van der Waals surface area contributed by atoms with Crippen molar-refractivity contribution in [3.63, 3.8) is 0 Å². The Bertz CT molecular complexity index is 977.